The number of aromatic nitrogens is 1. The van der Waals surface area contributed by atoms with Gasteiger partial charge in [-0.1, -0.05) is 0 Å². The molecule has 1 aromatic carbocycles. The number of anilines is 1. The van der Waals surface area contributed by atoms with E-state index < -0.39 is 23.4 Å². The van der Waals surface area contributed by atoms with E-state index >= 15 is 0 Å². The molecular weight excluding hydrogens is 279 g/mol. The summed E-state index contributed by atoms with van der Waals surface area (Å²) in [6.07, 6.45) is -4.60. The minimum absolute atomic E-state index is 0.0847. The summed E-state index contributed by atoms with van der Waals surface area (Å²) in [6.45, 7) is 0. The SMILES string of the molecule is CNc1cc(C(F)(F)F)cc(-c2cc(F)ccc2F)n1. The molecule has 0 fully saturated rings. The molecule has 1 aromatic heterocycles. The van der Waals surface area contributed by atoms with Crippen LogP contribution in [0.4, 0.5) is 27.8 Å². The first-order valence-corrected chi connectivity index (χ1v) is 5.53. The van der Waals surface area contributed by atoms with E-state index in [0.29, 0.717) is 6.07 Å². The van der Waals surface area contributed by atoms with Gasteiger partial charge < -0.3 is 5.32 Å². The molecular formula is C13H9F5N2. The molecule has 1 N–H and O–H groups in total. The van der Waals surface area contributed by atoms with Gasteiger partial charge in [0.25, 0.3) is 0 Å². The van der Waals surface area contributed by atoms with E-state index in [9.17, 15) is 22.0 Å². The monoisotopic (exact) mass is 288 g/mol. The van der Waals surface area contributed by atoms with Gasteiger partial charge in [-0.25, -0.2) is 13.8 Å². The highest BCUT2D eigenvalue weighted by atomic mass is 19.4. The Kier molecular flexibility index (Phi) is 3.61. The molecule has 0 bridgehead atoms. The second kappa shape index (κ2) is 5.07. The molecule has 0 saturated carbocycles. The predicted octanol–water partition coefficient (Wildman–Crippen LogP) is 4.09. The highest BCUT2D eigenvalue weighted by molar-refractivity contribution is 5.63. The lowest BCUT2D eigenvalue weighted by atomic mass is 10.1. The fourth-order valence-electron chi connectivity index (χ4n) is 1.65. The molecule has 0 aliphatic heterocycles. The van der Waals surface area contributed by atoms with Gasteiger partial charge in [0, 0.05) is 12.6 Å². The number of halogens is 5. The van der Waals surface area contributed by atoms with Crippen molar-refractivity contribution in [1.82, 2.24) is 4.98 Å². The molecule has 106 valence electrons. The number of pyridine rings is 1. The largest absolute Gasteiger partial charge is 0.416 e. The van der Waals surface area contributed by atoms with Crippen LogP contribution in [0.25, 0.3) is 11.3 Å². The van der Waals surface area contributed by atoms with Crippen molar-refractivity contribution in [2.24, 2.45) is 0 Å². The molecule has 0 amide bonds. The standard InChI is InChI=1S/C13H9F5N2/c1-19-12-5-7(13(16,17)18)4-11(20-12)9-6-8(14)2-3-10(9)15/h2-6H,1H3,(H,19,20). The summed E-state index contributed by atoms with van der Waals surface area (Å²) in [4.78, 5) is 3.82. The molecule has 2 rings (SSSR count). The third kappa shape index (κ3) is 2.87. The Balaban J connectivity index is 2.64. The van der Waals surface area contributed by atoms with E-state index in [1.165, 1.54) is 7.05 Å². The average Bonchev–Trinajstić information content (AvgIpc) is 2.40. The lowest BCUT2D eigenvalue weighted by Gasteiger charge is -2.12. The average molecular weight is 288 g/mol. The maximum Gasteiger partial charge on any atom is 0.416 e. The number of alkyl halides is 3. The Bertz CT molecular complexity index is 637. The van der Waals surface area contributed by atoms with Crippen molar-refractivity contribution in [1.29, 1.82) is 0 Å². The third-order valence-electron chi connectivity index (χ3n) is 2.61. The number of rotatable bonds is 2. The molecule has 20 heavy (non-hydrogen) atoms. The van der Waals surface area contributed by atoms with E-state index in [2.05, 4.69) is 10.3 Å². The van der Waals surface area contributed by atoms with Crippen LogP contribution in [-0.2, 0) is 6.18 Å². The van der Waals surface area contributed by atoms with Crippen LogP contribution in [0.15, 0.2) is 30.3 Å². The van der Waals surface area contributed by atoms with Crippen LogP contribution in [0.3, 0.4) is 0 Å². The molecule has 2 nitrogen and oxygen atoms in total. The number of hydrogen-bond acceptors (Lipinski definition) is 2. The van der Waals surface area contributed by atoms with Crippen LogP contribution in [0, 0.1) is 11.6 Å². The van der Waals surface area contributed by atoms with Crippen LogP contribution in [0.2, 0.25) is 0 Å². The molecule has 1 heterocycles. The summed E-state index contributed by atoms with van der Waals surface area (Å²) in [6, 6.07) is 3.99. The molecule has 0 aliphatic carbocycles. The van der Waals surface area contributed by atoms with Gasteiger partial charge in [-0.15, -0.1) is 0 Å². The first-order chi connectivity index (χ1) is 9.31. The van der Waals surface area contributed by atoms with Gasteiger partial charge in [-0.05, 0) is 30.3 Å². The lowest BCUT2D eigenvalue weighted by Crippen LogP contribution is -2.07. The first kappa shape index (κ1) is 14.2. The van der Waals surface area contributed by atoms with E-state index in [-0.39, 0.29) is 17.1 Å². The van der Waals surface area contributed by atoms with Gasteiger partial charge in [-0.3, -0.25) is 0 Å². The van der Waals surface area contributed by atoms with Crippen molar-refractivity contribution < 1.29 is 22.0 Å². The summed E-state index contributed by atoms with van der Waals surface area (Å²) < 4.78 is 65.0. The first-order valence-electron chi connectivity index (χ1n) is 5.53. The summed E-state index contributed by atoms with van der Waals surface area (Å²) in [7, 11) is 1.38. The number of nitrogens with one attached hydrogen (secondary N) is 1. The van der Waals surface area contributed by atoms with Gasteiger partial charge in [-0.2, -0.15) is 13.2 Å². The van der Waals surface area contributed by atoms with Crippen LogP contribution in [0.1, 0.15) is 5.56 Å². The van der Waals surface area contributed by atoms with Crippen molar-refractivity contribution in [3.8, 4) is 11.3 Å². The molecule has 0 radical (unpaired) electrons. The Morgan fingerprint density at radius 2 is 1.75 bits per heavy atom. The highest BCUT2D eigenvalue weighted by Gasteiger charge is 2.32. The molecule has 0 spiro atoms. The van der Waals surface area contributed by atoms with Crippen molar-refractivity contribution in [2.45, 2.75) is 6.18 Å². The van der Waals surface area contributed by atoms with Crippen LogP contribution in [-0.4, -0.2) is 12.0 Å². The van der Waals surface area contributed by atoms with Gasteiger partial charge in [0.1, 0.15) is 17.5 Å². The molecule has 0 atom stereocenters. The normalized spacial score (nSPS) is 11.5. The minimum Gasteiger partial charge on any atom is -0.373 e. The Hall–Kier alpha value is -2.18. The lowest BCUT2D eigenvalue weighted by molar-refractivity contribution is -0.137. The summed E-state index contributed by atoms with van der Waals surface area (Å²) in [5.74, 6) is -1.69. The summed E-state index contributed by atoms with van der Waals surface area (Å²) in [5, 5.41) is 2.46. The third-order valence-corrected chi connectivity index (χ3v) is 2.61. The molecule has 0 saturated heterocycles. The van der Waals surface area contributed by atoms with Crippen molar-refractivity contribution >= 4 is 5.82 Å². The van der Waals surface area contributed by atoms with Crippen LogP contribution < -0.4 is 5.32 Å². The fourth-order valence-corrected chi connectivity index (χ4v) is 1.65. The molecule has 7 heteroatoms. The highest BCUT2D eigenvalue weighted by Crippen LogP contribution is 2.34. The fraction of sp³-hybridized carbons (Fsp3) is 0.154. The van der Waals surface area contributed by atoms with Gasteiger partial charge >= 0.3 is 6.18 Å². The molecule has 2 aromatic rings. The number of nitrogens with zero attached hydrogens (tertiary/aromatic N) is 1. The zero-order valence-electron chi connectivity index (χ0n) is 10.2. The zero-order valence-corrected chi connectivity index (χ0v) is 10.2. The van der Waals surface area contributed by atoms with E-state index in [0.717, 1.165) is 24.3 Å². The summed E-state index contributed by atoms with van der Waals surface area (Å²) >= 11 is 0. The topological polar surface area (TPSA) is 24.9 Å². The second-order valence-electron chi connectivity index (χ2n) is 4.00. The van der Waals surface area contributed by atoms with Crippen molar-refractivity contribution in [2.75, 3.05) is 12.4 Å². The van der Waals surface area contributed by atoms with Crippen LogP contribution in [0.5, 0.6) is 0 Å². The summed E-state index contributed by atoms with van der Waals surface area (Å²) in [5.41, 5.74) is -1.61. The predicted molar refractivity (Wildman–Crippen MR) is 64.1 cm³/mol. The Morgan fingerprint density at radius 3 is 2.35 bits per heavy atom. The van der Waals surface area contributed by atoms with Gasteiger partial charge in [0.2, 0.25) is 0 Å². The quantitative estimate of drug-likeness (QED) is 0.842. The van der Waals surface area contributed by atoms with E-state index in [1.54, 1.807) is 0 Å². The maximum atomic E-state index is 13.6. The number of hydrogen-bond donors (Lipinski definition) is 1. The minimum atomic E-state index is -4.60. The van der Waals surface area contributed by atoms with Crippen molar-refractivity contribution in [3.63, 3.8) is 0 Å². The van der Waals surface area contributed by atoms with Gasteiger partial charge in [0.15, 0.2) is 0 Å². The van der Waals surface area contributed by atoms with Gasteiger partial charge in [0.05, 0.1) is 11.3 Å². The second-order valence-corrected chi connectivity index (χ2v) is 4.00. The van der Waals surface area contributed by atoms with E-state index in [1.807, 2.05) is 0 Å². The van der Waals surface area contributed by atoms with E-state index in [4.69, 9.17) is 0 Å². The Labute approximate surface area is 111 Å². The van der Waals surface area contributed by atoms with Crippen LogP contribution >= 0.6 is 0 Å². The Morgan fingerprint density at radius 1 is 1.05 bits per heavy atom. The zero-order chi connectivity index (χ0) is 14.9. The smallest absolute Gasteiger partial charge is 0.373 e. The number of benzene rings is 1. The maximum absolute atomic E-state index is 13.6. The van der Waals surface area contributed by atoms with Crippen molar-refractivity contribution in [3.05, 3.63) is 47.5 Å². The molecule has 0 unspecified atom stereocenters. The molecule has 0 aliphatic rings.